The number of anilines is 1. The molecule has 0 aliphatic carbocycles. The smallest absolute Gasteiger partial charge is 0.251 e. The number of ether oxygens (including phenoxy) is 1. The van der Waals surface area contributed by atoms with E-state index in [1.807, 2.05) is 55.5 Å². The minimum atomic E-state index is -0.0985. The van der Waals surface area contributed by atoms with Gasteiger partial charge in [0.05, 0.1) is 11.9 Å². The van der Waals surface area contributed by atoms with E-state index >= 15 is 0 Å². The Morgan fingerprint density at radius 1 is 1.00 bits per heavy atom. The fraction of sp³-hybridized carbons (Fsp3) is 0.115. The molecule has 3 heterocycles. The number of para-hydroxylation sites is 1. The average Bonchev–Trinajstić information content (AvgIpc) is 3.25. The summed E-state index contributed by atoms with van der Waals surface area (Å²) in [4.78, 5) is 25.1. The second kappa shape index (κ2) is 9.60. The summed E-state index contributed by atoms with van der Waals surface area (Å²) in [6.45, 7) is 2.92. The number of amides is 1. The van der Waals surface area contributed by atoms with Gasteiger partial charge in [-0.25, -0.2) is 19.6 Å². The summed E-state index contributed by atoms with van der Waals surface area (Å²) >= 11 is 0. The number of hydrogen-bond donors (Lipinski definition) is 2. The molecule has 1 amide bonds. The summed E-state index contributed by atoms with van der Waals surface area (Å²) in [5, 5.41) is 8.25. The number of aromatic nitrogens is 5. The first kappa shape index (κ1) is 22.0. The lowest BCUT2D eigenvalue weighted by Gasteiger charge is -2.06. The van der Waals surface area contributed by atoms with Crippen LogP contribution >= 0.6 is 0 Å². The molecule has 3 aromatic heterocycles. The first-order chi connectivity index (χ1) is 17.1. The molecule has 5 rings (SSSR count). The van der Waals surface area contributed by atoms with Gasteiger partial charge in [-0.3, -0.25) is 4.79 Å². The molecule has 35 heavy (non-hydrogen) atoms. The first-order valence-electron chi connectivity index (χ1n) is 11.2. The van der Waals surface area contributed by atoms with Crippen LogP contribution in [-0.4, -0.2) is 37.2 Å². The van der Waals surface area contributed by atoms with Crippen molar-refractivity contribution >= 4 is 22.8 Å². The quantitative estimate of drug-likeness (QED) is 0.372. The van der Waals surface area contributed by atoms with Crippen molar-refractivity contribution in [2.24, 2.45) is 0 Å². The zero-order valence-corrected chi connectivity index (χ0v) is 19.0. The number of carbonyl (C=O) groups is 1. The van der Waals surface area contributed by atoms with E-state index in [1.165, 1.54) is 6.33 Å². The molecule has 9 heteroatoms. The van der Waals surface area contributed by atoms with Gasteiger partial charge in [0, 0.05) is 29.9 Å². The monoisotopic (exact) mass is 465 g/mol. The summed E-state index contributed by atoms with van der Waals surface area (Å²) < 4.78 is 7.57. The van der Waals surface area contributed by atoms with Crippen molar-refractivity contribution in [1.82, 2.24) is 30.0 Å². The van der Waals surface area contributed by atoms with E-state index in [1.54, 1.807) is 29.1 Å². The normalized spacial score (nSPS) is 10.9. The van der Waals surface area contributed by atoms with Gasteiger partial charge >= 0.3 is 0 Å². The van der Waals surface area contributed by atoms with Crippen molar-refractivity contribution in [3.05, 3.63) is 90.4 Å². The standard InChI is InChI=1S/C26H23N7O2/c1-2-28-26(34)18-10-8-17(9-11-18)15-33-25-22(24(27)30-16-31-25)23(32-33)19-12-13-21(29-14-19)35-20-6-4-3-5-7-20/h3-14,16H,2,15H2,1H3,(H,28,34)(H2,27,30,31). The molecule has 0 fully saturated rings. The van der Waals surface area contributed by atoms with Gasteiger partial charge in [-0.2, -0.15) is 5.10 Å². The van der Waals surface area contributed by atoms with Crippen LogP contribution in [0.25, 0.3) is 22.3 Å². The number of nitrogens with two attached hydrogens (primary N) is 1. The molecule has 3 N–H and O–H groups in total. The largest absolute Gasteiger partial charge is 0.439 e. The fourth-order valence-electron chi connectivity index (χ4n) is 3.73. The Hall–Kier alpha value is -4.79. The summed E-state index contributed by atoms with van der Waals surface area (Å²) in [6.07, 6.45) is 3.12. The van der Waals surface area contributed by atoms with Crippen molar-refractivity contribution in [3.63, 3.8) is 0 Å². The summed E-state index contributed by atoms with van der Waals surface area (Å²) in [6, 6.07) is 20.5. The van der Waals surface area contributed by atoms with Crippen LogP contribution in [0.15, 0.2) is 79.3 Å². The van der Waals surface area contributed by atoms with Gasteiger partial charge in [-0.1, -0.05) is 30.3 Å². The van der Waals surface area contributed by atoms with E-state index in [0.29, 0.717) is 52.8 Å². The zero-order valence-electron chi connectivity index (χ0n) is 19.0. The van der Waals surface area contributed by atoms with Crippen LogP contribution in [-0.2, 0) is 6.54 Å². The highest BCUT2D eigenvalue weighted by Crippen LogP contribution is 2.31. The van der Waals surface area contributed by atoms with Gasteiger partial charge in [0.2, 0.25) is 5.88 Å². The maximum Gasteiger partial charge on any atom is 0.251 e. The van der Waals surface area contributed by atoms with E-state index < -0.39 is 0 Å². The predicted molar refractivity (Wildman–Crippen MR) is 133 cm³/mol. The molecule has 9 nitrogen and oxygen atoms in total. The number of hydrogen-bond acceptors (Lipinski definition) is 7. The number of rotatable bonds is 7. The van der Waals surface area contributed by atoms with Gasteiger partial charge in [0.15, 0.2) is 5.65 Å². The van der Waals surface area contributed by atoms with Crippen molar-refractivity contribution in [3.8, 4) is 22.9 Å². The number of carbonyl (C=O) groups excluding carboxylic acids is 1. The van der Waals surface area contributed by atoms with Crippen LogP contribution in [0.2, 0.25) is 0 Å². The highest BCUT2D eigenvalue weighted by Gasteiger charge is 2.18. The van der Waals surface area contributed by atoms with Crippen LogP contribution in [0, 0.1) is 0 Å². The molecular formula is C26H23N7O2. The van der Waals surface area contributed by atoms with E-state index in [4.69, 9.17) is 15.6 Å². The highest BCUT2D eigenvalue weighted by atomic mass is 16.5. The molecule has 0 aliphatic heterocycles. The number of nitrogens with one attached hydrogen (secondary N) is 1. The second-order valence-electron chi connectivity index (χ2n) is 7.82. The van der Waals surface area contributed by atoms with Gasteiger partial charge in [-0.05, 0) is 42.8 Å². The van der Waals surface area contributed by atoms with E-state index in [-0.39, 0.29) is 5.91 Å². The molecule has 0 saturated heterocycles. The van der Waals surface area contributed by atoms with Gasteiger partial charge in [-0.15, -0.1) is 0 Å². The predicted octanol–water partition coefficient (Wildman–Crippen LogP) is 4.06. The maximum atomic E-state index is 12.0. The van der Waals surface area contributed by atoms with Crippen LogP contribution in [0.1, 0.15) is 22.8 Å². The third-order valence-electron chi connectivity index (χ3n) is 5.42. The van der Waals surface area contributed by atoms with E-state index in [9.17, 15) is 4.79 Å². The molecule has 174 valence electrons. The minimum absolute atomic E-state index is 0.0985. The number of nitrogen functional groups attached to an aromatic ring is 1. The number of pyridine rings is 1. The average molecular weight is 466 g/mol. The molecule has 0 bridgehead atoms. The maximum absolute atomic E-state index is 12.0. The lowest BCUT2D eigenvalue weighted by Crippen LogP contribution is -2.22. The van der Waals surface area contributed by atoms with E-state index in [2.05, 4.69) is 20.3 Å². The molecule has 2 aromatic carbocycles. The van der Waals surface area contributed by atoms with Crippen molar-refractivity contribution < 1.29 is 9.53 Å². The van der Waals surface area contributed by atoms with Crippen LogP contribution < -0.4 is 15.8 Å². The topological polar surface area (TPSA) is 121 Å². The van der Waals surface area contributed by atoms with Crippen LogP contribution in [0.5, 0.6) is 11.6 Å². The van der Waals surface area contributed by atoms with Crippen LogP contribution in [0.4, 0.5) is 5.82 Å². The summed E-state index contributed by atoms with van der Waals surface area (Å²) in [7, 11) is 0. The fourth-order valence-corrected chi connectivity index (χ4v) is 3.73. The third kappa shape index (κ3) is 4.65. The highest BCUT2D eigenvalue weighted by molar-refractivity contribution is 5.98. The van der Waals surface area contributed by atoms with E-state index in [0.717, 1.165) is 11.1 Å². The summed E-state index contributed by atoms with van der Waals surface area (Å²) in [5.74, 6) is 1.42. The molecule has 0 spiro atoms. The second-order valence-corrected chi connectivity index (χ2v) is 7.82. The Morgan fingerprint density at radius 3 is 2.51 bits per heavy atom. The minimum Gasteiger partial charge on any atom is -0.439 e. The Kier molecular flexibility index (Phi) is 6.04. The lowest BCUT2D eigenvalue weighted by molar-refractivity contribution is 0.0956. The summed E-state index contributed by atoms with van der Waals surface area (Å²) in [5.41, 5.74) is 9.81. The van der Waals surface area contributed by atoms with Gasteiger partial charge in [0.1, 0.15) is 23.6 Å². The van der Waals surface area contributed by atoms with Crippen molar-refractivity contribution in [1.29, 1.82) is 0 Å². The van der Waals surface area contributed by atoms with Gasteiger partial charge in [0.25, 0.3) is 5.91 Å². The number of benzene rings is 2. The molecular weight excluding hydrogens is 442 g/mol. The van der Waals surface area contributed by atoms with Crippen molar-refractivity contribution in [2.75, 3.05) is 12.3 Å². The SMILES string of the molecule is CCNC(=O)c1ccc(Cn2nc(-c3ccc(Oc4ccccc4)nc3)c3c(N)ncnc32)cc1. The number of fused-ring (bicyclic) bond motifs is 1. The molecule has 0 saturated carbocycles. The molecule has 0 radical (unpaired) electrons. The Morgan fingerprint density at radius 2 is 1.80 bits per heavy atom. The molecule has 0 aliphatic rings. The molecule has 0 unspecified atom stereocenters. The van der Waals surface area contributed by atoms with Crippen LogP contribution in [0.3, 0.4) is 0 Å². The Balaban J connectivity index is 1.45. The van der Waals surface area contributed by atoms with Crippen molar-refractivity contribution in [2.45, 2.75) is 13.5 Å². The molecule has 0 atom stereocenters. The Bertz CT molecular complexity index is 1460. The van der Waals surface area contributed by atoms with Gasteiger partial charge < -0.3 is 15.8 Å². The Labute approximate surface area is 201 Å². The zero-order chi connectivity index (χ0) is 24.2. The number of nitrogens with zero attached hydrogens (tertiary/aromatic N) is 5. The third-order valence-corrected chi connectivity index (χ3v) is 5.42. The lowest BCUT2D eigenvalue weighted by atomic mass is 10.1. The first-order valence-corrected chi connectivity index (χ1v) is 11.2. The molecule has 5 aromatic rings.